The van der Waals surface area contributed by atoms with Crippen LogP contribution in [-0.4, -0.2) is 54.1 Å². The van der Waals surface area contributed by atoms with Crippen molar-refractivity contribution in [3.63, 3.8) is 0 Å². The average Bonchev–Trinajstić information content (AvgIpc) is 2.62. The third-order valence-electron chi connectivity index (χ3n) is 3.72. The van der Waals surface area contributed by atoms with Crippen LogP contribution in [0.1, 0.15) is 10.4 Å². The fraction of sp³-hybridized carbons (Fsp3) is 0.312. The summed E-state index contributed by atoms with van der Waals surface area (Å²) in [5.74, 6) is 1.39. The molecule has 3 rings (SSSR count). The van der Waals surface area contributed by atoms with Gasteiger partial charge in [0.2, 0.25) is 5.95 Å². The summed E-state index contributed by atoms with van der Waals surface area (Å²) in [5, 5.41) is 0. The summed E-state index contributed by atoms with van der Waals surface area (Å²) < 4.78 is 5.06. The number of benzene rings is 1. The van der Waals surface area contributed by atoms with Crippen molar-refractivity contribution in [2.75, 3.05) is 38.2 Å². The highest BCUT2D eigenvalue weighted by atomic mass is 16.5. The minimum atomic E-state index is 0.0795. The molecule has 0 aliphatic carbocycles. The van der Waals surface area contributed by atoms with E-state index in [2.05, 4.69) is 14.9 Å². The second-order valence-electron chi connectivity index (χ2n) is 5.07. The molecule has 114 valence electrons. The van der Waals surface area contributed by atoms with E-state index in [1.165, 1.54) is 0 Å². The van der Waals surface area contributed by atoms with Crippen LogP contribution in [0, 0.1) is 0 Å². The Balaban J connectivity index is 1.61. The minimum absolute atomic E-state index is 0.0795. The van der Waals surface area contributed by atoms with Crippen molar-refractivity contribution in [2.24, 2.45) is 0 Å². The molecule has 2 aromatic rings. The van der Waals surface area contributed by atoms with Crippen molar-refractivity contribution in [1.82, 2.24) is 14.9 Å². The molecule has 6 nitrogen and oxygen atoms in total. The van der Waals surface area contributed by atoms with E-state index in [1.54, 1.807) is 19.5 Å². The summed E-state index contributed by atoms with van der Waals surface area (Å²) in [6.45, 7) is 2.79. The van der Waals surface area contributed by atoms with E-state index >= 15 is 0 Å². The SMILES string of the molecule is COc1cnc(N2CCN(C(=O)c3ccccc3)CC2)nc1. The number of piperazine rings is 1. The normalized spacial score (nSPS) is 14.8. The largest absolute Gasteiger partial charge is 0.494 e. The van der Waals surface area contributed by atoms with Gasteiger partial charge in [0.25, 0.3) is 5.91 Å². The summed E-state index contributed by atoms with van der Waals surface area (Å²) in [5.41, 5.74) is 0.733. The molecule has 2 heterocycles. The number of amides is 1. The zero-order valence-corrected chi connectivity index (χ0v) is 12.5. The predicted molar refractivity (Wildman–Crippen MR) is 83.1 cm³/mol. The molecule has 1 fully saturated rings. The molecule has 1 aliphatic heterocycles. The number of carbonyl (C=O) groups is 1. The molecular weight excluding hydrogens is 280 g/mol. The first-order chi connectivity index (χ1) is 10.8. The minimum Gasteiger partial charge on any atom is -0.494 e. The van der Waals surface area contributed by atoms with Crippen LogP contribution >= 0.6 is 0 Å². The van der Waals surface area contributed by atoms with Gasteiger partial charge in [0.15, 0.2) is 5.75 Å². The lowest BCUT2D eigenvalue weighted by Gasteiger charge is -2.34. The Hall–Kier alpha value is -2.63. The van der Waals surface area contributed by atoms with Gasteiger partial charge in [0, 0.05) is 31.7 Å². The Kier molecular flexibility index (Phi) is 4.18. The van der Waals surface area contributed by atoms with E-state index in [-0.39, 0.29) is 5.91 Å². The van der Waals surface area contributed by atoms with Gasteiger partial charge in [-0.1, -0.05) is 18.2 Å². The predicted octanol–water partition coefficient (Wildman–Crippen LogP) is 1.45. The third kappa shape index (κ3) is 3.00. The highest BCUT2D eigenvalue weighted by molar-refractivity contribution is 5.94. The molecule has 6 heteroatoms. The van der Waals surface area contributed by atoms with Gasteiger partial charge in [-0.2, -0.15) is 0 Å². The summed E-state index contributed by atoms with van der Waals surface area (Å²) in [4.78, 5) is 24.9. The molecular formula is C16H18N4O2. The van der Waals surface area contributed by atoms with Crippen LogP contribution in [0.4, 0.5) is 5.95 Å². The summed E-state index contributed by atoms with van der Waals surface area (Å²) in [6.07, 6.45) is 3.31. The number of ether oxygens (including phenoxy) is 1. The summed E-state index contributed by atoms with van der Waals surface area (Å²) in [7, 11) is 1.59. The molecule has 0 N–H and O–H groups in total. The van der Waals surface area contributed by atoms with Gasteiger partial charge >= 0.3 is 0 Å². The molecule has 0 radical (unpaired) electrons. The molecule has 1 aromatic carbocycles. The molecule has 1 aliphatic rings. The first kappa shape index (κ1) is 14.3. The molecule has 0 saturated carbocycles. The van der Waals surface area contributed by atoms with Crippen LogP contribution in [0.5, 0.6) is 5.75 Å². The number of hydrogen-bond donors (Lipinski definition) is 0. The number of carbonyl (C=O) groups excluding carboxylic acids is 1. The van der Waals surface area contributed by atoms with Crippen molar-refractivity contribution in [2.45, 2.75) is 0 Å². The van der Waals surface area contributed by atoms with Crippen LogP contribution < -0.4 is 9.64 Å². The smallest absolute Gasteiger partial charge is 0.253 e. The van der Waals surface area contributed by atoms with Crippen molar-refractivity contribution in [3.8, 4) is 5.75 Å². The van der Waals surface area contributed by atoms with E-state index < -0.39 is 0 Å². The van der Waals surface area contributed by atoms with Gasteiger partial charge in [0.05, 0.1) is 19.5 Å². The lowest BCUT2D eigenvalue weighted by atomic mass is 10.2. The van der Waals surface area contributed by atoms with Crippen molar-refractivity contribution >= 4 is 11.9 Å². The number of anilines is 1. The fourth-order valence-corrected chi connectivity index (χ4v) is 2.45. The Bertz CT molecular complexity index is 622. The number of aromatic nitrogens is 2. The maximum Gasteiger partial charge on any atom is 0.253 e. The van der Waals surface area contributed by atoms with Crippen LogP contribution in [-0.2, 0) is 0 Å². The zero-order chi connectivity index (χ0) is 15.4. The lowest BCUT2D eigenvalue weighted by molar-refractivity contribution is 0.0746. The molecule has 22 heavy (non-hydrogen) atoms. The van der Waals surface area contributed by atoms with E-state index in [0.29, 0.717) is 24.8 Å². The second-order valence-corrected chi connectivity index (χ2v) is 5.07. The molecule has 0 spiro atoms. The van der Waals surface area contributed by atoms with Crippen LogP contribution in [0.15, 0.2) is 42.7 Å². The third-order valence-corrected chi connectivity index (χ3v) is 3.72. The first-order valence-corrected chi connectivity index (χ1v) is 7.23. The van der Waals surface area contributed by atoms with Gasteiger partial charge < -0.3 is 14.5 Å². The number of hydrogen-bond acceptors (Lipinski definition) is 5. The monoisotopic (exact) mass is 298 g/mol. The van der Waals surface area contributed by atoms with E-state index in [0.717, 1.165) is 18.7 Å². The van der Waals surface area contributed by atoms with Crippen molar-refractivity contribution < 1.29 is 9.53 Å². The summed E-state index contributed by atoms with van der Waals surface area (Å²) in [6, 6.07) is 9.38. The number of methoxy groups -OCH3 is 1. The maximum atomic E-state index is 12.4. The average molecular weight is 298 g/mol. The zero-order valence-electron chi connectivity index (χ0n) is 12.5. The highest BCUT2D eigenvalue weighted by Gasteiger charge is 2.23. The Morgan fingerprint density at radius 1 is 1.05 bits per heavy atom. The topological polar surface area (TPSA) is 58.6 Å². The molecule has 1 aromatic heterocycles. The maximum absolute atomic E-state index is 12.4. The molecule has 1 saturated heterocycles. The quantitative estimate of drug-likeness (QED) is 0.858. The highest BCUT2D eigenvalue weighted by Crippen LogP contribution is 2.15. The van der Waals surface area contributed by atoms with Crippen LogP contribution in [0.2, 0.25) is 0 Å². The summed E-state index contributed by atoms with van der Waals surface area (Å²) >= 11 is 0. The van der Waals surface area contributed by atoms with Crippen molar-refractivity contribution in [3.05, 3.63) is 48.3 Å². The Morgan fingerprint density at radius 3 is 2.27 bits per heavy atom. The van der Waals surface area contributed by atoms with Gasteiger partial charge in [-0.05, 0) is 12.1 Å². The van der Waals surface area contributed by atoms with Crippen LogP contribution in [0.25, 0.3) is 0 Å². The molecule has 0 unspecified atom stereocenters. The number of rotatable bonds is 3. The Labute approximate surface area is 129 Å². The van der Waals surface area contributed by atoms with Gasteiger partial charge in [-0.25, -0.2) is 9.97 Å². The molecule has 1 amide bonds. The Morgan fingerprint density at radius 2 is 1.68 bits per heavy atom. The van der Waals surface area contributed by atoms with E-state index in [1.807, 2.05) is 35.2 Å². The first-order valence-electron chi connectivity index (χ1n) is 7.23. The molecule has 0 bridgehead atoms. The lowest BCUT2D eigenvalue weighted by Crippen LogP contribution is -2.49. The van der Waals surface area contributed by atoms with Gasteiger partial charge in [0.1, 0.15) is 0 Å². The van der Waals surface area contributed by atoms with Gasteiger partial charge in [-0.15, -0.1) is 0 Å². The van der Waals surface area contributed by atoms with E-state index in [4.69, 9.17) is 4.74 Å². The molecule has 0 atom stereocenters. The van der Waals surface area contributed by atoms with Crippen LogP contribution in [0.3, 0.4) is 0 Å². The number of nitrogens with zero attached hydrogens (tertiary/aromatic N) is 4. The fourth-order valence-electron chi connectivity index (χ4n) is 2.45. The standard InChI is InChI=1S/C16H18N4O2/c1-22-14-11-17-16(18-12-14)20-9-7-19(8-10-20)15(21)13-5-3-2-4-6-13/h2-6,11-12H,7-10H2,1H3. The van der Waals surface area contributed by atoms with Gasteiger partial charge in [-0.3, -0.25) is 4.79 Å². The second kappa shape index (κ2) is 6.43. The van der Waals surface area contributed by atoms with Crippen molar-refractivity contribution in [1.29, 1.82) is 0 Å². The van der Waals surface area contributed by atoms with E-state index in [9.17, 15) is 4.79 Å².